The molecule has 2 aliphatic rings. The largest absolute Gasteiger partial charge is 0.369 e. The van der Waals surface area contributed by atoms with Crippen LogP contribution in [0.3, 0.4) is 0 Å². The molecule has 0 spiro atoms. The normalized spacial score (nSPS) is 18.6. The first-order chi connectivity index (χ1) is 17.3. The van der Waals surface area contributed by atoms with Gasteiger partial charge in [-0.2, -0.15) is 0 Å². The third kappa shape index (κ3) is 5.53. The molecule has 6 heteroatoms. The zero-order valence-corrected chi connectivity index (χ0v) is 21.3. The Labute approximate surface area is 213 Å². The highest BCUT2D eigenvalue weighted by Gasteiger charge is 2.39. The number of fused-ring (bicyclic) bond motifs is 3. The van der Waals surface area contributed by atoms with Gasteiger partial charge in [0.2, 0.25) is 11.8 Å². The van der Waals surface area contributed by atoms with Crippen LogP contribution in [0.15, 0.2) is 61.2 Å². The summed E-state index contributed by atoms with van der Waals surface area (Å²) in [6, 6.07) is 14.8. The third-order valence-corrected chi connectivity index (χ3v) is 7.35. The summed E-state index contributed by atoms with van der Waals surface area (Å²) in [6.45, 7) is 8.37. The van der Waals surface area contributed by atoms with Crippen molar-refractivity contribution in [1.29, 1.82) is 0 Å². The van der Waals surface area contributed by atoms with E-state index in [4.69, 9.17) is 5.73 Å². The number of nitrogens with one attached hydrogen (secondary N) is 1. The van der Waals surface area contributed by atoms with E-state index in [-0.39, 0.29) is 17.7 Å². The van der Waals surface area contributed by atoms with Gasteiger partial charge in [-0.25, -0.2) is 0 Å². The van der Waals surface area contributed by atoms with E-state index in [1.165, 1.54) is 12.8 Å². The summed E-state index contributed by atoms with van der Waals surface area (Å²) in [5.41, 5.74) is 9.25. The van der Waals surface area contributed by atoms with Gasteiger partial charge in [-0.05, 0) is 48.3 Å². The summed E-state index contributed by atoms with van der Waals surface area (Å²) in [6.07, 6.45) is 5.78. The zero-order valence-electron chi connectivity index (χ0n) is 21.3. The van der Waals surface area contributed by atoms with Gasteiger partial charge >= 0.3 is 0 Å². The van der Waals surface area contributed by atoms with E-state index in [0.29, 0.717) is 25.3 Å². The number of allylic oxidation sites excluding steroid dienone is 1. The molecule has 190 valence electrons. The summed E-state index contributed by atoms with van der Waals surface area (Å²) in [4.78, 5) is 42.0. The lowest BCUT2D eigenvalue weighted by atomic mass is 9.82. The number of para-hydroxylation sites is 1. The van der Waals surface area contributed by atoms with Crippen LogP contribution in [-0.4, -0.2) is 24.3 Å². The number of carbonyl (C=O) groups is 3. The number of hydrogen-bond donors (Lipinski definition) is 2. The molecule has 3 N–H and O–H groups in total. The third-order valence-electron chi connectivity index (χ3n) is 7.35. The van der Waals surface area contributed by atoms with Crippen molar-refractivity contribution in [3.05, 3.63) is 66.7 Å². The molecule has 1 heterocycles. The summed E-state index contributed by atoms with van der Waals surface area (Å²) >= 11 is 0. The van der Waals surface area contributed by atoms with Gasteiger partial charge in [0.15, 0.2) is 0 Å². The summed E-state index contributed by atoms with van der Waals surface area (Å²) in [5, 5.41) is 3.06. The smallest absolute Gasteiger partial charge is 0.254 e. The second kappa shape index (κ2) is 11.1. The number of hydrogen-bond acceptors (Lipinski definition) is 3. The molecule has 1 aliphatic carbocycles. The second-order valence-electron chi connectivity index (χ2n) is 10.5. The molecule has 3 atom stereocenters. The number of carbonyl (C=O) groups excluding carboxylic acids is 3. The van der Waals surface area contributed by atoms with Crippen molar-refractivity contribution in [2.24, 2.45) is 29.4 Å². The van der Waals surface area contributed by atoms with Gasteiger partial charge in [0, 0.05) is 12.1 Å². The Morgan fingerprint density at radius 3 is 2.39 bits per heavy atom. The molecule has 2 aromatic rings. The minimum atomic E-state index is -0.854. The Balaban J connectivity index is 1.73. The van der Waals surface area contributed by atoms with Crippen LogP contribution in [0.25, 0.3) is 11.1 Å². The maximum absolute atomic E-state index is 14.1. The van der Waals surface area contributed by atoms with E-state index >= 15 is 0 Å². The van der Waals surface area contributed by atoms with Gasteiger partial charge in [-0.3, -0.25) is 14.4 Å². The van der Waals surface area contributed by atoms with Crippen LogP contribution < -0.4 is 16.0 Å². The quantitative estimate of drug-likeness (QED) is 0.437. The minimum absolute atomic E-state index is 0.149. The molecule has 1 aliphatic heterocycles. The van der Waals surface area contributed by atoms with Crippen LogP contribution in [0.2, 0.25) is 0 Å². The summed E-state index contributed by atoms with van der Waals surface area (Å²) < 4.78 is 0. The Hall–Kier alpha value is -3.41. The predicted molar refractivity (Wildman–Crippen MR) is 143 cm³/mol. The van der Waals surface area contributed by atoms with Gasteiger partial charge < -0.3 is 16.0 Å². The van der Waals surface area contributed by atoms with E-state index in [9.17, 15) is 14.4 Å². The number of nitrogens with zero attached hydrogens (tertiary/aromatic N) is 1. The lowest BCUT2D eigenvalue weighted by Crippen LogP contribution is -2.47. The molecular weight excluding hydrogens is 450 g/mol. The van der Waals surface area contributed by atoms with Crippen LogP contribution in [0.1, 0.15) is 57.6 Å². The summed E-state index contributed by atoms with van der Waals surface area (Å²) in [7, 11) is 0. The van der Waals surface area contributed by atoms with Crippen LogP contribution in [0, 0.1) is 23.7 Å². The molecule has 4 rings (SSSR count). The number of benzene rings is 2. The van der Waals surface area contributed by atoms with Crippen LogP contribution in [-0.2, 0) is 14.4 Å². The monoisotopic (exact) mass is 487 g/mol. The van der Waals surface area contributed by atoms with Crippen LogP contribution in [0.5, 0.6) is 0 Å². The SMILES string of the molecule is C=CC[C@H](C(N)=O)[C@@H](CC(C)C)C(=O)NC1C(=O)N(CCC2CC2)c2ccccc2-c2ccccc21. The number of amides is 3. The minimum Gasteiger partial charge on any atom is -0.369 e. The fourth-order valence-electron chi connectivity index (χ4n) is 5.30. The molecule has 36 heavy (non-hydrogen) atoms. The van der Waals surface area contributed by atoms with Crippen LogP contribution in [0.4, 0.5) is 5.69 Å². The van der Waals surface area contributed by atoms with E-state index < -0.39 is 23.8 Å². The van der Waals surface area contributed by atoms with Crippen LogP contribution >= 0.6 is 0 Å². The fourth-order valence-corrected chi connectivity index (χ4v) is 5.30. The Bertz CT molecular complexity index is 1140. The maximum atomic E-state index is 14.1. The molecule has 2 aromatic carbocycles. The molecule has 3 amide bonds. The average Bonchev–Trinajstić information content (AvgIpc) is 3.69. The average molecular weight is 488 g/mol. The molecule has 6 nitrogen and oxygen atoms in total. The molecule has 1 fully saturated rings. The van der Waals surface area contributed by atoms with E-state index in [2.05, 4.69) is 11.9 Å². The van der Waals surface area contributed by atoms with Crippen molar-refractivity contribution in [3.8, 4) is 11.1 Å². The zero-order chi connectivity index (χ0) is 25.8. The first-order valence-electron chi connectivity index (χ1n) is 13.0. The lowest BCUT2D eigenvalue weighted by molar-refractivity contribution is -0.135. The van der Waals surface area contributed by atoms with Crippen molar-refractivity contribution in [1.82, 2.24) is 5.32 Å². The Morgan fingerprint density at radius 2 is 1.75 bits per heavy atom. The predicted octanol–water partition coefficient (Wildman–Crippen LogP) is 5.00. The second-order valence-corrected chi connectivity index (χ2v) is 10.5. The highest BCUT2D eigenvalue weighted by molar-refractivity contribution is 6.06. The highest BCUT2D eigenvalue weighted by Crippen LogP contribution is 2.41. The first-order valence-corrected chi connectivity index (χ1v) is 13.0. The van der Waals surface area contributed by atoms with E-state index in [1.54, 1.807) is 6.08 Å². The highest BCUT2D eigenvalue weighted by atomic mass is 16.2. The fraction of sp³-hybridized carbons (Fsp3) is 0.433. The number of primary amides is 1. The van der Waals surface area contributed by atoms with E-state index in [0.717, 1.165) is 28.8 Å². The number of nitrogens with two attached hydrogens (primary N) is 1. The first kappa shape index (κ1) is 25.7. The molecule has 1 saturated carbocycles. The Kier molecular flexibility index (Phi) is 7.92. The van der Waals surface area contributed by atoms with Gasteiger partial charge in [0.05, 0.1) is 17.5 Å². The van der Waals surface area contributed by atoms with Gasteiger partial charge in [-0.15, -0.1) is 6.58 Å². The molecule has 1 unspecified atom stereocenters. The number of rotatable bonds is 11. The standard InChI is InChI=1S/C30H37N3O3/c1-4-9-24(28(31)34)25(18-19(2)3)29(35)32-27-23-12-6-5-10-21(23)22-11-7-8-13-26(22)33(30(27)36)17-16-20-14-15-20/h4-8,10-13,19-20,24-25,27H,1,9,14-18H2,2-3H3,(H2,31,34)(H,32,35)/t24-,25+,27?/m0/s1. The van der Waals surface area contributed by atoms with Crippen molar-refractivity contribution in [2.45, 2.75) is 52.0 Å². The summed E-state index contributed by atoms with van der Waals surface area (Å²) in [5.74, 6) is -1.49. The maximum Gasteiger partial charge on any atom is 0.254 e. The molecular formula is C30H37N3O3. The van der Waals surface area contributed by atoms with Crippen molar-refractivity contribution in [3.63, 3.8) is 0 Å². The molecule has 0 radical (unpaired) electrons. The van der Waals surface area contributed by atoms with Gasteiger partial charge in [0.25, 0.3) is 5.91 Å². The van der Waals surface area contributed by atoms with Crippen molar-refractivity contribution >= 4 is 23.4 Å². The van der Waals surface area contributed by atoms with E-state index in [1.807, 2.05) is 67.3 Å². The Morgan fingerprint density at radius 1 is 1.08 bits per heavy atom. The van der Waals surface area contributed by atoms with Gasteiger partial charge in [-0.1, -0.05) is 75.2 Å². The molecule has 0 aromatic heterocycles. The van der Waals surface area contributed by atoms with Crippen molar-refractivity contribution in [2.75, 3.05) is 11.4 Å². The lowest BCUT2D eigenvalue weighted by Gasteiger charge is -2.30. The topological polar surface area (TPSA) is 92.5 Å². The van der Waals surface area contributed by atoms with Gasteiger partial charge in [0.1, 0.15) is 6.04 Å². The molecule has 0 saturated heterocycles. The van der Waals surface area contributed by atoms with Crippen molar-refractivity contribution < 1.29 is 14.4 Å². The number of anilines is 1. The molecule has 0 bridgehead atoms.